The molecule has 1 unspecified atom stereocenters. The number of hydrogen-bond acceptors (Lipinski definition) is 6. The van der Waals surface area contributed by atoms with Crippen molar-refractivity contribution in [2.75, 3.05) is 31.7 Å². The van der Waals surface area contributed by atoms with Gasteiger partial charge in [0.2, 0.25) is 0 Å². The number of fused-ring (bicyclic) bond motifs is 1. The van der Waals surface area contributed by atoms with Crippen LogP contribution in [0.3, 0.4) is 0 Å². The Labute approximate surface area is 162 Å². The van der Waals surface area contributed by atoms with Crippen molar-refractivity contribution in [2.24, 2.45) is 0 Å². The lowest BCUT2D eigenvalue weighted by Gasteiger charge is -2.19. The first-order valence-corrected chi connectivity index (χ1v) is 9.25. The van der Waals surface area contributed by atoms with Crippen molar-refractivity contribution in [2.45, 2.75) is 18.9 Å². The van der Waals surface area contributed by atoms with Gasteiger partial charge in [-0.15, -0.1) is 0 Å². The molecular weight excluding hydrogens is 362 g/mol. The van der Waals surface area contributed by atoms with E-state index in [1.807, 2.05) is 0 Å². The Morgan fingerprint density at radius 2 is 1.79 bits per heavy atom. The summed E-state index contributed by atoms with van der Waals surface area (Å²) >= 11 is 0. The molecule has 0 radical (unpaired) electrons. The van der Waals surface area contributed by atoms with E-state index < -0.39 is 0 Å². The molecule has 1 saturated heterocycles. The fourth-order valence-corrected chi connectivity index (χ4v) is 3.13. The normalized spacial score (nSPS) is 17.8. The Balaban J connectivity index is 1.40. The third-order valence-electron chi connectivity index (χ3n) is 4.58. The molecule has 1 aromatic carbocycles. The van der Waals surface area contributed by atoms with Gasteiger partial charge in [0.15, 0.2) is 11.5 Å². The predicted molar refractivity (Wildman–Crippen MR) is 101 cm³/mol. The van der Waals surface area contributed by atoms with E-state index in [0.717, 1.165) is 19.4 Å². The molecule has 2 aliphatic rings. The van der Waals surface area contributed by atoms with Gasteiger partial charge in [-0.2, -0.15) is 0 Å². The number of benzene rings is 1. The van der Waals surface area contributed by atoms with Crippen molar-refractivity contribution in [3.8, 4) is 11.5 Å². The summed E-state index contributed by atoms with van der Waals surface area (Å²) in [5.41, 5.74) is 1.19. The zero-order valence-electron chi connectivity index (χ0n) is 15.3. The lowest BCUT2D eigenvalue weighted by atomic mass is 10.1. The maximum Gasteiger partial charge on any atom is 0.257 e. The summed E-state index contributed by atoms with van der Waals surface area (Å²) in [7, 11) is 0. The number of pyridine rings is 1. The first-order chi connectivity index (χ1) is 13.7. The van der Waals surface area contributed by atoms with Crippen molar-refractivity contribution in [3.63, 3.8) is 0 Å². The number of aromatic nitrogens is 1. The van der Waals surface area contributed by atoms with Crippen molar-refractivity contribution >= 4 is 17.5 Å². The summed E-state index contributed by atoms with van der Waals surface area (Å²) in [5.74, 6) is 0.593. The number of hydrogen-bond donors (Lipinski definition) is 2. The number of nitrogens with zero attached hydrogens (tertiary/aromatic N) is 1. The molecular formula is C20H21N3O5. The second-order valence-electron chi connectivity index (χ2n) is 6.62. The van der Waals surface area contributed by atoms with Gasteiger partial charge in [0.25, 0.3) is 11.8 Å². The molecule has 0 bridgehead atoms. The molecule has 3 heterocycles. The third kappa shape index (κ3) is 4.23. The van der Waals surface area contributed by atoms with E-state index in [9.17, 15) is 9.59 Å². The van der Waals surface area contributed by atoms with Crippen molar-refractivity contribution in [1.82, 2.24) is 10.3 Å². The summed E-state index contributed by atoms with van der Waals surface area (Å²) in [5, 5.41) is 5.61. The number of ether oxygens (including phenoxy) is 3. The molecule has 146 valence electrons. The summed E-state index contributed by atoms with van der Waals surface area (Å²) in [4.78, 5) is 28.9. The number of amides is 2. The minimum Gasteiger partial charge on any atom is -0.486 e. The van der Waals surface area contributed by atoms with E-state index >= 15 is 0 Å². The van der Waals surface area contributed by atoms with Crippen LogP contribution in [0.15, 0.2) is 36.7 Å². The number of nitrogens with one attached hydrogen (secondary N) is 2. The Hall–Kier alpha value is -3.13. The minimum absolute atomic E-state index is 0.0543. The Bertz CT molecular complexity index is 880. The standard InChI is InChI=1S/C20H21N3O5/c24-19(22-12-16-2-1-5-26-16)13-8-14(11-21-10-13)20(25)23-15-3-4-17-18(9-15)28-7-6-27-17/h3-4,8-11,16H,1-2,5-7,12H2,(H,22,24)(H,23,25). The molecule has 8 heteroatoms. The molecule has 28 heavy (non-hydrogen) atoms. The first-order valence-electron chi connectivity index (χ1n) is 9.25. The lowest BCUT2D eigenvalue weighted by molar-refractivity contribution is 0.0857. The monoisotopic (exact) mass is 383 g/mol. The zero-order chi connectivity index (χ0) is 19.3. The van der Waals surface area contributed by atoms with Crippen LogP contribution in [-0.4, -0.2) is 49.3 Å². The predicted octanol–water partition coefficient (Wildman–Crippen LogP) is 2.01. The maximum atomic E-state index is 12.5. The summed E-state index contributed by atoms with van der Waals surface area (Å²) < 4.78 is 16.5. The minimum atomic E-state index is -0.363. The molecule has 2 aromatic rings. The molecule has 1 atom stereocenters. The second-order valence-corrected chi connectivity index (χ2v) is 6.62. The van der Waals surface area contributed by atoms with Crippen LogP contribution in [0.2, 0.25) is 0 Å². The number of carbonyl (C=O) groups is 2. The Kier molecular flexibility index (Phi) is 5.38. The van der Waals surface area contributed by atoms with Crippen LogP contribution in [0.25, 0.3) is 0 Å². The molecule has 0 spiro atoms. The molecule has 4 rings (SSSR count). The van der Waals surface area contributed by atoms with E-state index in [4.69, 9.17) is 14.2 Å². The van der Waals surface area contributed by atoms with Gasteiger partial charge in [-0.1, -0.05) is 0 Å². The fourth-order valence-electron chi connectivity index (χ4n) is 3.13. The van der Waals surface area contributed by atoms with Crippen LogP contribution in [0.4, 0.5) is 5.69 Å². The molecule has 2 aliphatic heterocycles. The molecule has 1 aromatic heterocycles. The quantitative estimate of drug-likeness (QED) is 0.820. The fraction of sp³-hybridized carbons (Fsp3) is 0.350. The molecule has 8 nitrogen and oxygen atoms in total. The topological polar surface area (TPSA) is 98.8 Å². The molecule has 0 aliphatic carbocycles. The average molecular weight is 383 g/mol. The molecule has 2 N–H and O–H groups in total. The SMILES string of the molecule is O=C(NCC1CCCO1)c1cncc(C(=O)Nc2ccc3c(c2)OCCO3)c1. The van der Waals surface area contributed by atoms with Gasteiger partial charge in [0, 0.05) is 37.3 Å². The van der Waals surface area contributed by atoms with Gasteiger partial charge in [0.1, 0.15) is 13.2 Å². The average Bonchev–Trinajstić information content (AvgIpc) is 3.25. The molecule has 2 amide bonds. The van der Waals surface area contributed by atoms with Crippen molar-refractivity contribution in [3.05, 3.63) is 47.8 Å². The van der Waals surface area contributed by atoms with Crippen molar-refractivity contribution in [1.29, 1.82) is 0 Å². The van der Waals surface area contributed by atoms with Gasteiger partial charge < -0.3 is 24.8 Å². The Morgan fingerprint density at radius 3 is 2.57 bits per heavy atom. The highest BCUT2D eigenvalue weighted by atomic mass is 16.6. The van der Waals surface area contributed by atoms with Crippen LogP contribution >= 0.6 is 0 Å². The molecule has 0 saturated carbocycles. The summed E-state index contributed by atoms with van der Waals surface area (Å²) in [6.45, 7) is 2.16. The smallest absolute Gasteiger partial charge is 0.257 e. The summed E-state index contributed by atoms with van der Waals surface area (Å²) in [6.07, 6.45) is 4.86. The van der Waals surface area contributed by atoms with Gasteiger partial charge >= 0.3 is 0 Å². The number of anilines is 1. The van der Waals surface area contributed by atoms with Crippen LogP contribution in [0.5, 0.6) is 11.5 Å². The number of carbonyl (C=O) groups excluding carboxylic acids is 2. The van der Waals surface area contributed by atoms with E-state index in [2.05, 4.69) is 15.6 Å². The lowest BCUT2D eigenvalue weighted by Crippen LogP contribution is -2.32. The molecule has 1 fully saturated rings. The van der Waals surface area contributed by atoms with Crippen LogP contribution in [-0.2, 0) is 4.74 Å². The highest BCUT2D eigenvalue weighted by molar-refractivity contribution is 6.06. The van der Waals surface area contributed by atoms with E-state index in [0.29, 0.717) is 48.1 Å². The van der Waals surface area contributed by atoms with Gasteiger partial charge in [-0.05, 0) is 31.0 Å². The van der Waals surface area contributed by atoms with Crippen molar-refractivity contribution < 1.29 is 23.8 Å². The van der Waals surface area contributed by atoms with Crippen LogP contribution in [0.1, 0.15) is 33.6 Å². The van der Waals surface area contributed by atoms with E-state index in [-0.39, 0.29) is 17.9 Å². The maximum absolute atomic E-state index is 12.5. The van der Waals surface area contributed by atoms with E-state index in [1.54, 1.807) is 18.2 Å². The highest BCUT2D eigenvalue weighted by Crippen LogP contribution is 2.32. The zero-order valence-corrected chi connectivity index (χ0v) is 15.3. The Morgan fingerprint density at radius 1 is 1.00 bits per heavy atom. The van der Waals surface area contributed by atoms with Crippen LogP contribution < -0.4 is 20.1 Å². The van der Waals surface area contributed by atoms with Crippen LogP contribution in [0, 0.1) is 0 Å². The van der Waals surface area contributed by atoms with Gasteiger partial charge in [0.05, 0.1) is 17.2 Å². The number of rotatable bonds is 5. The second kappa shape index (κ2) is 8.26. The largest absolute Gasteiger partial charge is 0.486 e. The van der Waals surface area contributed by atoms with E-state index in [1.165, 1.54) is 18.5 Å². The first kappa shape index (κ1) is 18.2. The van der Waals surface area contributed by atoms with Gasteiger partial charge in [-0.3, -0.25) is 14.6 Å². The highest BCUT2D eigenvalue weighted by Gasteiger charge is 2.18. The summed E-state index contributed by atoms with van der Waals surface area (Å²) in [6, 6.07) is 6.71. The third-order valence-corrected chi connectivity index (χ3v) is 4.58. The van der Waals surface area contributed by atoms with Gasteiger partial charge in [-0.25, -0.2) is 0 Å².